The zero-order valence-corrected chi connectivity index (χ0v) is 18.0. The minimum absolute atomic E-state index is 0.144. The minimum Gasteiger partial charge on any atom is -0.278 e. The fraction of sp³-hybridized carbons (Fsp3) is 0.300. The summed E-state index contributed by atoms with van der Waals surface area (Å²) in [5, 5.41) is 9.66. The SMILES string of the molecule is Cc1cccc(-n2nnn(CN(C)[C@H](C)c3nc4ccccc4s3)c2=S)c1C. The van der Waals surface area contributed by atoms with Crippen molar-refractivity contribution in [2.45, 2.75) is 33.5 Å². The van der Waals surface area contributed by atoms with Crippen LogP contribution < -0.4 is 0 Å². The normalized spacial score (nSPS) is 12.8. The molecule has 144 valence electrons. The summed E-state index contributed by atoms with van der Waals surface area (Å²) >= 11 is 7.37. The maximum atomic E-state index is 5.65. The highest BCUT2D eigenvalue weighted by molar-refractivity contribution is 7.71. The van der Waals surface area contributed by atoms with Crippen molar-refractivity contribution in [3.63, 3.8) is 0 Å². The van der Waals surface area contributed by atoms with Crippen LogP contribution in [0.1, 0.15) is 29.1 Å². The summed E-state index contributed by atoms with van der Waals surface area (Å²) in [6.07, 6.45) is 0. The molecule has 4 rings (SSSR count). The Labute approximate surface area is 173 Å². The van der Waals surface area contributed by atoms with E-state index in [1.165, 1.54) is 10.3 Å². The first-order chi connectivity index (χ1) is 13.5. The van der Waals surface area contributed by atoms with Gasteiger partial charge in [0.25, 0.3) is 0 Å². The third kappa shape index (κ3) is 3.39. The fourth-order valence-corrected chi connectivity index (χ4v) is 4.38. The average Bonchev–Trinajstić information content (AvgIpc) is 3.27. The van der Waals surface area contributed by atoms with Crippen molar-refractivity contribution in [1.82, 2.24) is 29.7 Å². The molecule has 2 aromatic carbocycles. The first-order valence-electron chi connectivity index (χ1n) is 9.11. The van der Waals surface area contributed by atoms with Crippen LogP contribution in [0, 0.1) is 18.6 Å². The second-order valence-corrected chi connectivity index (χ2v) is 8.41. The number of aryl methyl sites for hydroxylation is 1. The molecule has 0 aliphatic rings. The van der Waals surface area contributed by atoms with Gasteiger partial charge in [0.15, 0.2) is 0 Å². The molecule has 0 aliphatic heterocycles. The molecular formula is C20H22N6S2. The molecule has 0 bridgehead atoms. The van der Waals surface area contributed by atoms with Crippen LogP contribution in [0.2, 0.25) is 0 Å². The highest BCUT2D eigenvalue weighted by atomic mass is 32.1. The first kappa shape index (κ1) is 18.9. The molecule has 0 aliphatic carbocycles. The molecule has 0 spiro atoms. The van der Waals surface area contributed by atoms with E-state index in [9.17, 15) is 0 Å². The van der Waals surface area contributed by atoms with Gasteiger partial charge in [0.05, 0.1) is 28.6 Å². The fourth-order valence-electron chi connectivity index (χ4n) is 3.07. The standard InChI is InChI=1S/C20H22N6S2/c1-13-8-7-10-17(14(13)2)26-20(27)25(22-23-26)12-24(4)15(3)19-21-16-9-5-6-11-18(16)28-19/h5-11,15H,12H2,1-4H3/t15-/m1/s1. The highest BCUT2D eigenvalue weighted by Gasteiger charge is 2.18. The molecule has 28 heavy (non-hydrogen) atoms. The van der Waals surface area contributed by atoms with E-state index in [1.807, 2.05) is 30.3 Å². The van der Waals surface area contributed by atoms with Crippen LogP contribution in [-0.4, -0.2) is 36.7 Å². The molecule has 0 radical (unpaired) electrons. The van der Waals surface area contributed by atoms with Crippen molar-refractivity contribution in [2.75, 3.05) is 7.05 Å². The average molecular weight is 411 g/mol. The van der Waals surface area contributed by atoms with Crippen molar-refractivity contribution in [1.29, 1.82) is 0 Å². The molecule has 2 heterocycles. The van der Waals surface area contributed by atoms with Gasteiger partial charge in [0, 0.05) is 0 Å². The molecule has 0 amide bonds. The molecule has 0 N–H and O–H groups in total. The molecule has 0 saturated heterocycles. The van der Waals surface area contributed by atoms with Gasteiger partial charge < -0.3 is 0 Å². The van der Waals surface area contributed by atoms with Crippen LogP contribution in [0.3, 0.4) is 0 Å². The van der Waals surface area contributed by atoms with E-state index in [4.69, 9.17) is 17.2 Å². The van der Waals surface area contributed by atoms with Gasteiger partial charge in [-0.05, 0) is 79.8 Å². The number of aromatic nitrogens is 5. The Hall–Kier alpha value is -2.42. The first-order valence-corrected chi connectivity index (χ1v) is 10.3. The van der Waals surface area contributed by atoms with E-state index >= 15 is 0 Å². The van der Waals surface area contributed by atoms with Crippen LogP contribution in [0.15, 0.2) is 42.5 Å². The van der Waals surface area contributed by atoms with Gasteiger partial charge >= 0.3 is 0 Å². The van der Waals surface area contributed by atoms with Crippen molar-refractivity contribution >= 4 is 33.8 Å². The maximum absolute atomic E-state index is 5.65. The zero-order chi connectivity index (χ0) is 19.8. The predicted octanol–water partition coefficient (Wildman–Crippen LogP) is 4.68. The second kappa shape index (κ2) is 7.54. The number of fused-ring (bicyclic) bond motifs is 1. The van der Waals surface area contributed by atoms with Gasteiger partial charge in [-0.15, -0.1) is 11.3 Å². The quantitative estimate of drug-likeness (QED) is 0.447. The summed E-state index contributed by atoms with van der Waals surface area (Å²) in [7, 11) is 2.05. The third-order valence-electron chi connectivity index (χ3n) is 5.13. The Morgan fingerprint density at radius 3 is 2.68 bits per heavy atom. The third-order valence-corrected chi connectivity index (χ3v) is 6.72. The van der Waals surface area contributed by atoms with Crippen molar-refractivity contribution < 1.29 is 0 Å². The van der Waals surface area contributed by atoms with Crippen LogP contribution in [0.25, 0.3) is 15.9 Å². The van der Waals surface area contributed by atoms with Gasteiger partial charge in [-0.2, -0.15) is 4.68 Å². The summed E-state index contributed by atoms with van der Waals surface area (Å²) in [6.45, 7) is 6.85. The lowest BCUT2D eigenvalue weighted by Crippen LogP contribution is -2.26. The molecule has 1 atom stereocenters. The van der Waals surface area contributed by atoms with Gasteiger partial charge in [-0.3, -0.25) is 4.90 Å². The van der Waals surface area contributed by atoms with Crippen LogP contribution in [0.4, 0.5) is 0 Å². The van der Waals surface area contributed by atoms with Gasteiger partial charge in [0.1, 0.15) is 5.01 Å². The Balaban J connectivity index is 1.58. The number of benzene rings is 2. The summed E-state index contributed by atoms with van der Waals surface area (Å²) in [6, 6.07) is 14.5. The Kier molecular flexibility index (Phi) is 5.09. The van der Waals surface area contributed by atoms with Crippen LogP contribution >= 0.6 is 23.6 Å². The topological polar surface area (TPSA) is 51.8 Å². The zero-order valence-electron chi connectivity index (χ0n) is 16.3. The maximum Gasteiger partial charge on any atom is 0.221 e. The number of hydrogen-bond donors (Lipinski definition) is 0. The van der Waals surface area contributed by atoms with Crippen molar-refractivity contribution in [3.8, 4) is 5.69 Å². The van der Waals surface area contributed by atoms with Crippen LogP contribution in [0.5, 0.6) is 0 Å². The molecule has 4 aromatic rings. The van der Waals surface area contributed by atoms with E-state index in [1.54, 1.807) is 20.7 Å². The minimum atomic E-state index is 0.144. The monoisotopic (exact) mass is 410 g/mol. The van der Waals surface area contributed by atoms with E-state index in [-0.39, 0.29) is 6.04 Å². The number of nitrogens with zero attached hydrogens (tertiary/aromatic N) is 6. The Morgan fingerprint density at radius 1 is 1.11 bits per heavy atom. The number of para-hydroxylation sites is 1. The lowest BCUT2D eigenvalue weighted by Gasteiger charge is -2.22. The lowest BCUT2D eigenvalue weighted by atomic mass is 10.1. The number of rotatable bonds is 5. The van der Waals surface area contributed by atoms with Crippen LogP contribution in [-0.2, 0) is 6.67 Å². The van der Waals surface area contributed by atoms with Gasteiger partial charge in [0.2, 0.25) is 4.77 Å². The summed E-state index contributed by atoms with van der Waals surface area (Å²) in [5.41, 5.74) is 4.37. The lowest BCUT2D eigenvalue weighted by molar-refractivity contribution is 0.193. The number of tetrazole rings is 1. The molecule has 0 saturated carbocycles. The second-order valence-electron chi connectivity index (χ2n) is 6.99. The molecule has 0 unspecified atom stereocenters. The number of hydrogen-bond acceptors (Lipinski definition) is 6. The molecule has 6 nitrogen and oxygen atoms in total. The molecular weight excluding hydrogens is 388 g/mol. The Morgan fingerprint density at radius 2 is 1.89 bits per heavy atom. The largest absolute Gasteiger partial charge is 0.278 e. The van der Waals surface area contributed by atoms with E-state index in [0.717, 1.165) is 21.8 Å². The van der Waals surface area contributed by atoms with Crippen molar-refractivity contribution in [3.05, 3.63) is 63.4 Å². The van der Waals surface area contributed by atoms with Gasteiger partial charge in [-0.1, -0.05) is 24.3 Å². The van der Waals surface area contributed by atoms with E-state index in [2.05, 4.69) is 55.3 Å². The summed E-state index contributed by atoms with van der Waals surface area (Å²) < 4.78 is 5.27. The van der Waals surface area contributed by atoms with E-state index < -0.39 is 0 Å². The summed E-state index contributed by atoms with van der Waals surface area (Å²) in [5.74, 6) is 0. The molecule has 0 fully saturated rings. The highest BCUT2D eigenvalue weighted by Crippen LogP contribution is 2.29. The smallest absolute Gasteiger partial charge is 0.221 e. The van der Waals surface area contributed by atoms with E-state index in [0.29, 0.717) is 11.4 Å². The number of thiazole rings is 1. The van der Waals surface area contributed by atoms with Crippen molar-refractivity contribution in [2.24, 2.45) is 0 Å². The molecule has 2 aromatic heterocycles. The van der Waals surface area contributed by atoms with Gasteiger partial charge in [-0.25, -0.2) is 9.67 Å². The summed E-state index contributed by atoms with van der Waals surface area (Å²) in [4.78, 5) is 6.95. The predicted molar refractivity (Wildman–Crippen MR) is 115 cm³/mol. The Bertz CT molecular complexity index is 1160. The molecule has 8 heteroatoms.